The van der Waals surface area contributed by atoms with E-state index in [-0.39, 0.29) is 4.90 Å². The number of alkyl halides is 3. The predicted molar refractivity (Wildman–Crippen MR) is 103 cm³/mol. The SMILES string of the molecule is O=C(COc1ccccc1)N[C@@H](C(Cl)(Cl)Cl)S(=O)(=O)c1ccc(Cl)cc1. The second-order valence-corrected chi connectivity index (χ2v) is 9.93. The van der Waals surface area contributed by atoms with Crippen LogP contribution < -0.4 is 10.1 Å². The maximum atomic E-state index is 12.7. The van der Waals surface area contributed by atoms with Gasteiger partial charge in [0.05, 0.1) is 4.90 Å². The molecule has 26 heavy (non-hydrogen) atoms. The van der Waals surface area contributed by atoms with E-state index < -0.39 is 31.5 Å². The van der Waals surface area contributed by atoms with Gasteiger partial charge in [-0.1, -0.05) is 64.6 Å². The van der Waals surface area contributed by atoms with Crippen LogP contribution in [0, 0.1) is 0 Å². The number of rotatable bonds is 6. The molecule has 0 aromatic heterocycles. The Labute approximate surface area is 171 Å². The number of halogens is 4. The van der Waals surface area contributed by atoms with Gasteiger partial charge in [0.2, 0.25) is 13.6 Å². The molecule has 0 radical (unpaired) electrons. The lowest BCUT2D eigenvalue weighted by molar-refractivity contribution is -0.123. The molecular formula is C16H13Cl4NO4S. The summed E-state index contributed by atoms with van der Waals surface area (Å²) in [6.45, 7) is -0.447. The molecule has 5 nitrogen and oxygen atoms in total. The standard InChI is InChI=1S/C16H13Cl4NO4S/c17-11-6-8-13(9-7-11)26(23,24)15(16(18,19)20)21-14(22)10-25-12-4-2-1-3-5-12/h1-9,15H,10H2,(H,21,22)/t15-/m1/s1. The third kappa shape index (κ3) is 5.66. The van der Waals surface area contributed by atoms with E-state index >= 15 is 0 Å². The number of nitrogens with one attached hydrogen (secondary N) is 1. The lowest BCUT2D eigenvalue weighted by Gasteiger charge is -2.25. The molecule has 0 bridgehead atoms. The Hall–Kier alpha value is -1.18. The molecule has 2 aromatic rings. The molecule has 0 saturated heterocycles. The van der Waals surface area contributed by atoms with Crippen LogP contribution in [0.25, 0.3) is 0 Å². The Bertz CT molecular complexity index is 852. The molecule has 140 valence electrons. The lowest BCUT2D eigenvalue weighted by atomic mass is 10.3. The normalized spacial score (nSPS) is 13.1. The van der Waals surface area contributed by atoms with Crippen LogP contribution in [-0.2, 0) is 14.6 Å². The predicted octanol–water partition coefficient (Wildman–Crippen LogP) is 4.01. The Morgan fingerprint density at radius 3 is 2.15 bits per heavy atom. The zero-order chi connectivity index (χ0) is 19.4. The van der Waals surface area contributed by atoms with Gasteiger partial charge < -0.3 is 10.1 Å². The Balaban J connectivity index is 2.17. The quantitative estimate of drug-likeness (QED) is 0.666. The van der Waals surface area contributed by atoms with E-state index in [1.807, 2.05) is 0 Å². The van der Waals surface area contributed by atoms with Crippen LogP contribution in [0.5, 0.6) is 5.75 Å². The maximum absolute atomic E-state index is 12.7. The van der Waals surface area contributed by atoms with Crippen molar-refractivity contribution in [3.8, 4) is 5.75 Å². The lowest BCUT2D eigenvalue weighted by Crippen LogP contribution is -2.50. The summed E-state index contributed by atoms with van der Waals surface area (Å²) in [7, 11) is -4.20. The number of amides is 1. The van der Waals surface area contributed by atoms with Gasteiger partial charge in [-0.3, -0.25) is 4.79 Å². The van der Waals surface area contributed by atoms with Crippen LogP contribution in [0.3, 0.4) is 0 Å². The van der Waals surface area contributed by atoms with Crippen molar-refractivity contribution >= 4 is 62.1 Å². The van der Waals surface area contributed by atoms with Gasteiger partial charge in [0.15, 0.2) is 12.0 Å². The molecule has 0 aliphatic heterocycles. The summed E-state index contributed by atoms with van der Waals surface area (Å²) in [4.78, 5) is 12.0. The number of para-hydroxylation sites is 1. The first-order chi connectivity index (χ1) is 12.1. The minimum Gasteiger partial charge on any atom is -0.484 e. The van der Waals surface area contributed by atoms with Crippen molar-refractivity contribution in [1.29, 1.82) is 0 Å². The average molecular weight is 457 g/mol. The number of benzene rings is 2. The second kappa shape index (κ2) is 8.67. The van der Waals surface area contributed by atoms with E-state index in [1.54, 1.807) is 30.3 Å². The van der Waals surface area contributed by atoms with E-state index in [0.29, 0.717) is 10.8 Å². The van der Waals surface area contributed by atoms with E-state index in [4.69, 9.17) is 51.1 Å². The van der Waals surface area contributed by atoms with Crippen molar-refractivity contribution < 1.29 is 17.9 Å². The molecular weight excluding hydrogens is 444 g/mol. The van der Waals surface area contributed by atoms with Crippen molar-refractivity contribution in [1.82, 2.24) is 5.32 Å². The zero-order valence-electron chi connectivity index (χ0n) is 13.0. The minimum atomic E-state index is -4.20. The molecule has 0 aliphatic carbocycles. The zero-order valence-corrected chi connectivity index (χ0v) is 16.9. The molecule has 0 aliphatic rings. The van der Waals surface area contributed by atoms with Crippen molar-refractivity contribution in [3.63, 3.8) is 0 Å². The van der Waals surface area contributed by atoms with E-state index in [9.17, 15) is 13.2 Å². The summed E-state index contributed by atoms with van der Waals surface area (Å²) in [6.07, 6.45) is 0. The minimum absolute atomic E-state index is 0.150. The van der Waals surface area contributed by atoms with Crippen LogP contribution in [-0.4, -0.2) is 30.1 Å². The molecule has 0 fully saturated rings. The van der Waals surface area contributed by atoms with Crippen molar-refractivity contribution in [2.24, 2.45) is 0 Å². The summed E-state index contributed by atoms with van der Waals surface area (Å²) in [6, 6.07) is 13.8. The topological polar surface area (TPSA) is 72.5 Å². The Morgan fingerprint density at radius 1 is 1.04 bits per heavy atom. The maximum Gasteiger partial charge on any atom is 0.259 e. The highest BCUT2D eigenvalue weighted by molar-refractivity contribution is 7.92. The fraction of sp³-hybridized carbons (Fsp3) is 0.188. The van der Waals surface area contributed by atoms with Gasteiger partial charge in [-0.15, -0.1) is 0 Å². The highest BCUT2D eigenvalue weighted by Gasteiger charge is 2.44. The second-order valence-electron chi connectivity index (χ2n) is 5.09. The highest BCUT2D eigenvalue weighted by Crippen LogP contribution is 2.36. The van der Waals surface area contributed by atoms with Gasteiger partial charge in [0.1, 0.15) is 5.75 Å². The van der Waals surface area contributed by atoms with Gasteiger partial charge in [-0.25, -0.2) is 8.42 Å². The van der Waals surface area contributed by atoms with Gasteiger partial charge in [0.25, 0.3) is 5.91 Å². The summed E-state index contributed by atoms with van der Waals surface area (Å²) in [5.41, 5.74) is 0. The van der Waals surface area contributed by atoms with Crippen molar-refractivity contribution in [2.45, 2.75) is 14.1 Å². The molecule has 1 atom stereocenters. The van der Waals surface area contributed by atoms with E-state index in [2.05, 4.69) is 5.32 Å². The van der Waals surface area contributed by atoms with Crippen molar-refractivity contribution in [3.05, 3.63) is 59.6 Å². The first kappa shape index (κ1) is 21.1. The third-order valence-corrected chi connectivity index (χ3v) is 6.47. The van der Waals surface area contributed by atoms with Crippen LogP contribution >= 0.6 is 46.4 Å². The summed E-state index contributed by atoms with van der Waals surface area (Å²) < 4.78 is 28.5. The van der Waals surface area contributed by atoms with Crippen LogP contribution in [0.15, 0.2) is 59.5 Å². The van der Waals surface area contributed by atoms with Gasteiger partial charge in [0, 0.05) is 5.02 Å². The molecule has 0 saturated carbocycles. The van der Waals surface area contributed by atoms with Crippen LogP contribution in [0.4, 0.5) is 0 Å². The number of carbonyl (C=O) groups is 1. The number of sulfone groups is 1. The van der Waals surface area contributed by atoms with Crippen LogP contribution in [0.1, 0.15) is 0 Å². The number of ether oxygens (including phenoxy) is 1. The van der Waals surface area contributed by atoms with E-state index in [1.165, 1.54) is 24.3 Å². The first-order valence-electron chi connectivity index (χ1n) is 7.14. The molecule has 0 spiro atoms. The summed E-state index contributed by atoms with van der Waals surface area (Å²) in [5.74, 6) is -0.323. The number of hydrogen-bond acceptors (Lipinski definition) is 4. The van der Waals surface area contributed by atoms with Crippen molar-refractivity contribution in [2.75, 3.05) is 6.61 Å². The summed E-state index contributed by atoms with van der Waals surface area (Å²) in [5, 5.41) is 0.730. The fourth-order valence-corrected chi connectivity index (χ4v) is 4.72. The molecule has 2 aromatic carbocycles. The molecule has 2 rings (SSSR count). The summed E-state index contributed by atoms with van der Waals surface area (Å²) >= 11 is 23.1. The fourth-order valence-electron chi connectivity index (χ4n) is 1.95. The molecule has 0 heterocycles. The number of carbonyl (C=O) groups excluding carboxylic acids is 1. The Kier molecular flexibility index (Phi) is 7.05. The van der Waals surface area contributed by atoms with Gasteiger partial charge >= 0.3 is 0 Å². The third-order valence-electron chi connectivity index (χ3n) is 3.15. The highest BCUT2D eigenvalue weighted by atomic mass is 35.6. The monoisotopic (exact) mass is 455 g/mol. The largest absolute Gasteiger partial charge is 0.484 e. The molecule has 1 amide bonds. The van der Waals surface area contributed by atoms with Gasteiger partial charge in [-0.05, 0) is 36.4 Å². The molecule has 1 N–H and O–H groups in total. The van der Waals surface area contributed by atoms with E-state index in [0.717, 1.165) is 0 Å². The average Bonchev–Trinajstić information content (AvgIpc) is 2.58. The first-order valence-corrected chi connectivity index (χ1v) is 10.2. The smallest absolute Gasteiger partial charge is 0.259 e. The molecule has 0 unspecified atom stereocenters. The van der Waals surface area contributed by atoms with Gasteiger partial charge in [-0.2, -0.15) is 0 Å². The van der Waals surface area contributed by atoms with Crippen LogP contribution in [0.2, 0.25) is 5.02 Å². The molecule has 10 heteroatoms. The Morgan fingerprint density at radius 2 is 1.62 bits per heavy atom. The number of hydrogen-bond donors (Lipinski definition) is 1.